The second kappa shape index (κ2) is 22.7. The SMILES string of the molecule is C=CC(=O)[O-].CCCCCCCCCCCC(=O)[O-].[SnH+2][CH2]c1ccccc1. The molecule has 1 rings (SSSR count). The van der Waals surface area contributed by atoms with E-state index in [1.54, 1.807) is 0 Å². The van der Waals surface area contributed by atoms with Crippen molar-refractivity contribution in [2.75, 3.05) is 0 Å². The predicted molar refractivity (Wildman–Crippen MR) is 109 cm³/mol. The molecular formula is C22H34O4Sn. The van der Waals surface area contributed by atoms with Crippen LogP contribution in [0.4, 0.5) is 0 Å². The van der Waals surface area contributed by atoms with Crippen LogP contribution in [-0.2, 0) is 14.0 Å². The summed E-state index contributed by atoms with van der Waals surface area (Å²) in [5.41, 5.74) is 1.47. The molecule has 0 saturated heterocycles. The topological polar surface area (TPSA) is 80.3 Å². The maximum atomic E-state index is 10.1. The van der Waals surface area contributed by atoms with E-state index in [1.807, 2.05) is 0 Å². The zero-order valence-electron chi connectivity index (χ0n) is 16.7. The molecule has 1 aromatic carbocycles. The monoisotopic (exact) mass is 482 g/mol. The third-order valence-electron chi connectivity index (χ3n) is 3.73. The molecule has 0 aliphatic heterocycles. The van der Waals surface area contributed by atoms with Gasteiger partial charge in [-0.25, -0.2) is 0 Å². The van der Waals surface area contributed by atoms with E-state index in [4.69, 9.17) is 9.90 Å². The number of carboxylic acids is 2. The number of carbonyl (C=O) groups excluding carboxylic acids is 2. The van der Waals surface area contributed by atoms with Crippen molar-refractivity contribution in [3.8, 4) is 0 Å². The van der Waals surface area contributed by atoms with Gasteiger partial charge in [-0.15, -0.1) is 0 Å². The molecule has 5 heteroatoms. The summed E-state index contributed by atoms with van der Waals surface area (Å²) in [4.78, 5) is 19.2. The molecule has 0 unspecified atom stereocenters. The summed E-state index contributed by atoms with van der Waals surface area (Å²) in [6, 6.07) is 10.6. The Morgan fingerprint density at radius 2 is 1.37 bits per heavy atom. The molecule has 0 N–H and O–H groups in total. The first-order chi connectivity index (χ1) is 13.0. The van der Waals surface area contributed by atoms with E-state index in [0.29, 0.717) is 0 Å². The molecule has 0 heterocycles. The summed E-state index contributed by atoms with van der Waals surface area (Å²) >= 11 is 1.33. The van der Waals surface area contributed by atoms with Crippen LogP contribution >= 0.6 is 0 Å². The first-order valence-electron chi connectivity index (χ1n) is 9.75. The van der Waals surface area contributed by atoms with Gasteiger partial charge in [0.1, 0.15) is 0 Å². The standard InChI is InChI=1S/C12H24O2.C7H7.C3H4O2.Sn.H/c1-2-3-4-5-6-7-8-9-10-11-12(13)14;1-7-5-3-2-4-6-7;1-2-3(4)5;;/h2-11H2,1H3,(H,13,14);2-6H,1H2;2H,1H2,(H,4,5);;/q;;;+2;/p-2. The number of hydrogen-bond donors (Lipinski definition) is 0. The molecule has 0 aliphatic rings. The van der Waals surface area contributed by atoms with Gasteiger partial charge < -0.3 is 19.8 Å². The van der Waals surface area contributed by atoms with E-state index < -0.39 is 11.9 Å². The Bertz CT molecular complexity index is 474. The first kappa shape index (κ1) is 27.9. The molecule has 0 aliphatic carbocycles. The molecule has 0 atom stereocenters. The second-order valence-corrected chi connectivity index (χ2v) is 7.33. The van der Waals surface area contributed by atoms with Gasteiger partial charge in [0.25, 0.3) is 0 Å². The van der Waals surface area contributed by atoms with Gasteiger partial charge >= 0.3 is 62.9 Å². The Morgan fingerprint density at radius 1 is 0.926 bits per heavy atom. The molecule has 0 saturated carbocycles. The van der Waals surface area contributed by atoms with E-state index in [2.05, 4.69) is 43.8 Å². The fourth-order valence-corrected chi connectivity index (χ4v) is 2.97. The van der Waals surface area contributed by atoms with Gasteiger partial charge in [0.05, 0.1) is 5.97 Å². The number of carboxylic acid groups (broad SMARTS) is 2. The summed E-state index contributed by atoms with van der Waals surface area (Å²) in [6.07, 6.45) is 11.9. The van der Waals surface area contributed by atoms with Crippen LogP contribution in [0.3, 0.4) is 0 Å². The predicted octanol–water partition coefficient (Wildman–Crippen LogP) is 2.67. The van der Waals surface area contributed by atoms with E-state index in [9.17, 15) is 9.90 Å². The molecule has 0 radical (unpaired) electrons. The Hall–Kier alpha value is -1.30. The van der Waals surface area contributed by atoms with Crippen LogP contribution in [0.15, 0.2) is 43.0 Å². The molecular weight excluding hydrogens is 447 g/mol. The molecule has 4 nitrogen and oxygen atoms in total. The van der Waals surface area contributed by atoms with Crippen LogP contribution < -0.4 is 10.2 Å². The zero-order valence-corrected chi connectivity index (χ0v) is 20.0. The maximum absolute atomic E-state index is 10.1. The molecule has 0 amide bonds. The van der Waals surface area contributed by atoms with Gasteiger partial charge in [0.2, 0.25) is 0 Å². The molecule has 0 bridgehead atoms. The molecule has 0 fully saturated rings. The Kier molecular flexibility index (Phi) is 23.5. The third-order valence-corrected chi connectivity index (χ3v) is 5.08. The Morgan fingerprint density at radius 3 is 1.70 bits per heavy atom. The molecule has 0 spiro atoms. The quantitative estimate of drug-likeness (QED) is 0.261. The van der Waals surface area contributed by atoms with Gasteiger partial charge in [0.15, 0.2) is 0 Å². The van der Waals surface area contributed by atoms with Crippen molar-refractivity contribution in [2.24, 2.45) is 0 Å². The van der Waals surface area contributed by atoms with Crippen molar-refractivity contribution < 1.29 is 19.8 Å². The van der Waals surface area contributed by atoms with Crippen LogP contribution in [0, 0.1) is 0 Å². The number of benzene rings is 1. The summed E-state index contributed by atoms with van der Waals surface area (Å²) in [5.74, 6) is -2.14. The molecule has 0 aromatic heterocycles. The minimum absolute atomic E-state index is 0.232. The fraction of sp³-hybridized carbons (Fsp3) is 0.545. The number of aliphatic carboxylic acids is 2. The Labute approximate surface area is 178 Å². The number of unbranched alkanes of at least 4 members (excludes halogenated alkanes) is 8. The summed E-state index contributed by atoms with van der Waals surface area (Å²) in [7, 11) is 0. The van der Waals surface area contributed by atoms with Crippen LogP contribution in [-0.4, -0.2) is 34.5 Å². The van der Waals surface area contributed by atoms with Crippen molar-refractivity contribution in [3.63, 3.8) is 0 Å². The van der Waals surface area contributed by atoms with Crippen LogP contribution in [0.2, 0.25) is 0 Å². The normalized spacial score (nSPS) is 9.19. The molecule has 1 aromatic rings. The summed E-state index contributed by atoms with van der Waals surface area (Å²) in [5, 5.41) is 19.2. The van der Waals surface area contributed by atoms with Crippen molar-refractivity contribution >= 4 is 34.5 Å². The van der Waals surface area contributed by atoms with Crippen LogP contribution in [0.5, 0.6) is 0 Å². The molecule has 150 valence electrons. The van der Waals surface area contributed by atoms with Crippen LogP contribution in [0.1, 0.15) is 76.7 Å². The van der Waals surface area contributed by atoms with Crippen LogP contribution in [0.25, 0.3) is 0 Å². The van der Waals surface area contributed by atoms with Gasteiger partial charge in [-0.1, -0.05) is 64.9 Å². The van der Waals surface area contributed by atoms with E-state index in [0.717, 1.165) is 18.9 Å². The molecule has 27 heavy (non-hydrogen) atoms. The average molecular weight is 481 g/mol. The fourth-order valence-electron chi connectivity index (χ4n) is 2.19. The van der Waals surface area contributed by atoms with E-state index >= 15 is 0 Å². The van der Waals surface area contributed by atoms with E-state index in [-0.39, 0.29) is 6.42 Å². The van der Waals surface area contributed by atoms with E-state index in [1.165, 1.54) is 77.5 Å². The average Bonchev–Trinajstić information content (AvgIpc) is 2.68. The summed E-state index contributed by atoms with van der Waals surface area (Å²) < 4.78 is 1.27. The van der Waals surface area contributed by atoms with Gasteiger partial charge in [-0.3, -0.25) is 0 Å². The van der Waals surface area contributed by atoms with Gasteiger partial charge in [0, 0.05) is 5.97 Å². The van der Waals surface area contributed by atoms with Crippen molar-refractivity contribution in [2.45, 2.75) is 75.6 Å². The van der Waals surface area contributed by atoms with Gasteiger partial charge in [-0.05, 0) is 18.9 Å². The number of carbonyl (C=O) groups is 2. The number of rotatable bonds is 12. The van der Waals surface area contributed by atoms with Crippen molar-refractivity contribution in [3.05, 3.63) is 48.6 Å². The van der Waals surface area contributed by atoms with Gasteiger partial charge in [-0.2, -0.15) is 0 Å². The second-order valence-electron chi connectivity index (χ2n) is 6.16. The number of hydrogen-bond acceptors (Lipinski definition) is 4. The minimum atomic E-state index is -1.23. The zero-order chi connectivity index (χ0) is 20.8. The first-order valence-corrected chi connectivity index (χ1v) is 12.1. The van der Waals surface area contributed by atoms with Crippen molar-refractivity contribution in [1.29, 1.82) is 0 Å². The summed E-state index contributed by atoms with van der Waals surface area (Å²) in [6.45, 7) is 5.12. The Balaban J connectivity index is 0. The van der Waals surface area contributed by atoms with Crippen molar-refractivity contribution in [1.82, 2.24) is 0 Å². The third kappa shape index (κ3) is 27.0.